The average molecular weight is 271 g/mol. The average Bonchev–Trinajstić information content (AvgIpc) is 3.19. The Hall–Kier alpha value is -1.31. The van der Waals surface area contributed by atoms with Crippen molar-refractivity contribution in [1.82, 2.24) is 5.32 Å². The van der Waals surface area contributed by atoms with Crippen LogP contribution in [0.2, 0.25) is 0 Å². The minimum atomic E-state index is 0.0739. The summed E-state index contributed by atoms with van der Waals surface area (Å²) in [5, 5.41) is 3.01. The maximum atomic E-state index is 12.2. The first-order chi connectivity index (χ1) is 9.59. The third-order valence-electron chi connectivity index (χ3n) is 5.01. The van der Waals surface area contributed by atoms with Crippen LogP contribution in [0.15, 0.2) is 18.2 Å². The Labute approximate surface area is 122 Å². The molecule has 0 bridgehead atoms. The van der Waals surface area contributed by atoms with E-state index < -0.39 is 0 Å². The van der Waals surface area contributed by atoms with E-state index in [1.807, 2.05) is 0 Å². The van der Waals surface area contributed by atoms with Crippen molar-refractivity contribution in [2.75, 3.05) is 6.54 Å². The SMILES string of the molecule is CC(C)c1cccc([C@H](C)C2CC2)c1C1CCNC1=O. The lowest BCUT2D eigenvalue weighted by Gasteiger charge is -2.24. The molecule has 0 aromatic heterocycles. The van der Waals surface area contributed by atoms with Crippen molar-refractivity contribution in [2.24, 2.45) is 5.92 Å². The lowest BCUT2D eigenvalue weighted by atomic mass is 9.80. The maximum absolute atomic E-state index is 12.2. The quantitative estimate of drug-likeness (QED) is 0.883. The summed E-state index contributed by atoms with van der Waals surface area (Å²) < 4.78 is 0. The van der Waals surface area contributed by atoms with Crippen molar-refractivity contribution in [3.8, 4) is 0 Å². The van der Waals surface area contributed by atoms with Gasteiger partial charge in [-0.15, -0.1) is 0 Å². The number of benzene rings is 1. The smallest absolute Gasteiger partial charge is 0.227 e. The highest BCUT2D eigenvalue weighted by Crippen LogP contribution is 2.46. The number of nitrogens with one attached hydrogen (secondary N) is 1. The van der Waals surface area contributed by atoms with E-state index in [0.717, 1.165) is 18.9 Å². The second-order valence-corrected chi connectivity index (χ2v) is 6.76. The summed E-state index contributed by atoms with van der Waals surface area (Å²) in [6.45, 7) is 7.63. The van der Waals surface area contributed by atoms with E-state index in [-0.39, 0.29) is 11.8 Å². The predicted molar refractivity (Wildman–Crippen MR) is 82.0 cm³/mol. The zero-order chi connectivity index (χ0) is 14.3. The zero-order valence-corrected chi connectivity index (χ0v) is 12.8. The van der Waals surface area contributed by atoms with Gasteiger partial charge in [-0.05, 0) is 53.7 Å². The molecule has 2 fully saturated rings. The Morgan fingerprint density at radius 3 is 2.35 bits per heavy atom. The predicted octanol–water partition coefficient (Wildman–Crippen LogP) is 3.93. The fraction of sp³-hybridized carbons (Fsp3) is 0.611. The minimum absolute atomic E-state index is 0.0739. The van der Waals surface area contributed by atoms with Gasteiger partial charge in [0.15, 0.2) is 0 Å². The van der Waals surface area contributed by atoms with E-state index in [2.05, 4.69) is 44.3 Å². The van der Waals surface area contributed by atoms with Gasteiger partial charge in [0.25, 0.3) is 0 Å². The van der Waals surface area contributed by atoms with Crippen LogP contribution in [0.5, 0.6) is 0 Å². The van der Waals surface area contributed by atoms with Gasteiger partial charge < -0.3 is 5.32 Å². The third kappa shape index (κ3) is 2.36. The number of carbonyl (C=O) groups excluding carboxylic acids is 1. The van der Waals surface area contributed by atoms with Crippen molar-refractivity contribution in [2.45, 2.75) is 57.8 Å². The summed E-state index contributed by atoms with van der Waals surface area (Å²) in [6, 6.07) is 6.66. The number of amides is 1. The van der Waals surface area contributed by atoms with Crippen LogP contribution in [-0.4, -0.2) is 12.5 Å². The second-order valence-electron chi connectivity index (χ2n) is 6.76. The molecule has 1 aromatic rings. The van der Waals surface area contributed by atoms with E-state index in [0.29, 0.717) is 11.8 Å². The van der Waals surface area contributed by atoms with E-state index in [4.69, 9.17) is 0 Å². The fourth-order valence-corrected chi connectivity index (χ4v) is 3.62. The van der Waals surface area contributed by atoms with Crippen LogP contribution in [0.3, 0.4) is 0 Å². The van der Waals surface area contributed by atoms with Gasteiger partial charge in [-0.25, -0.2) is 0 Å². The molecule has 1 saturated heterocycles. The summed E-state index contributed by atoms with van der Waals surface area (Å²) in [7, 11) is 0. The number of carbonyl (C=O) groups is 1. The first-order valence-corrected chi connectivity index (χ1v) is 8.00. The molecule has 1 saturated carbocycles. The van der Waals surface area contributed by atoms with Gasteiger partial charge in [-0.1, -0.05) is 39.0 Å². The molecule has 1 aromatic carbocycles. The van der Waals surface area contributed by atoms with Crippen molar-refractivity contribution < 1.29 is 4.79 Å². The molecule has 1 unspecified atom stereocenters. The molecule has 2 heteroatoms. The van der Waals surface area contributed by atoms with Crippen LogP contribution in [0, 0.1) is 5.92 Å². The summed E-state index contributed by atoms with van der Waals surface area (Å²) in [5.74, 6) is 2.20. The Bertz CT molecular complexity index is 516. The number of hydrogen-bond donors (Lipinski definition) is 1. The Balaban J connectivity index is 2.08. The van der Waals surface area contributed by atoms with Crippen LogP contribution in [0.25, 0.3) is 0 Å². The van der Waals surface area contributed by atoms with Crippen molar-refractivity contribution in [3.63, 3.8) is 0 Å². The summed E-state index contributed by atoms with van der Waals surface area (Å²) in [6.07, 6.45) is 3.65. The first-order valence-electron chi connectivity index (χ1n) is 8.00. The molecule has 1 aliphatic heterocycles. The van der Waals surface area contributed by atoms with Crippen LogP contribution < -0.4 is 5.32 Å². The normalized spacial score (nSPS) is 24.0. The van der Waals surface area contributed by atoms with Gasteiger partial charge in [0.2, 0.25) is 5.91 Å². The molecule has 2 aliphatic rings. The number of hydrogen-bond acceptors (Lipinski definition) is 1. The lowest BCUT2D eigenvalue weighted by Crippen LogP contribution is -2.20. The third-order valence-corrected chi connectivity index (χ3v) is 5.01. The molecule has 20 heavy (non-hydrogen) atoms. The molecule has 2 nitrogen and oxygen atoms in total. The van der Waals surface area contributed by atoms with Gasteiger partial charge in [-0.3, -0.25) is 4.79 Å². The molecule has 108 valence electrons. The molecule has 3 rings (SSSR count). The Kier molecular flexibility index (Phi) is 3.57. The molecule has 1 N–H and O–H groups in total. The Morgan fingerprint density at radius 1 is 1.10 bits per heavy atom. The minimum Gasteiger partial charge on any atom is -0.356 e. The standard InChI is InChI=1S/C18H25NO/c1-11(2)14-5-4-6-15(12(3)13-7-8-13)17(14)16-9-10-19-18(16)20/h4-6,11-13,16H,7-10H2,1-3H3,(H,19,20)/t12-,16?/m1/s1. The Morgan fingerprint density at radius 2 is 1.80 bits per heavy atom. The van der Waals surface area contributed by atoms with Crippen molar-refractivity contribution in [1.29, 1.82) is 0 Å². The molecule has 2 atom stereocenters. The van der Waals surface area contributed by atoms with E-state index in [1.165, 1.54) is 29.5 Å². The van der Waals surface area contributed by atoms with Crippen LogP contribution in [0.4, 0.5) is 0 Å². The first kappa shape index (κ1) is 13.7. The van der Waals surface area contributed by atoms with E-state index in [1.54, 1.807) is 0 Å². The van der Waals surface area contributed by atoms with E-state index >= 15 is 0 Å². The van der Waals surface area contributed by atoms with E-state index in [9.17, 15) is 4.79 Å². The number of rotatable bonds is 4. The highest BCUT2D eigenvalue weighted by molar-refractivity contribution is 5.86. The largest absolute Gasteiger partial charge is 0.356 e. The van der Waals surface area contributed by atoms with Crippen LogP contribution >= 0.6 is 0 Å². The molecule has 1 aliphatic carbocycles. The fourth-order valence-electron chi connectivity index (χ4n) is 3.62. The van der Waals surface area contributed by atoms with Crippen molar-refractivity contribution >= 4 is 5.91 Å². The van der Waals surface area contributed by atoms with Gasteiger partial charge in [0.1, 0.15) is 0 Å². The second kappa shape index (κ2) is 5.23. The van der Waals surface area contributed by atoms with Crippen LogP contribution in [0.1, 0.15) is 74.5 Å². The van der Waals surface area contributed by atoms with Gasteiger partial charge in [0, 0.05) is 6.54 Å². The molecule has 0 radical (unpaired) electrons. The van der Waals surface area contributed by atoms with Gasteiger partial charge in [-0.2, -0.15) is 0 Å². The lowest BCUT2D eigenvalue weighted by molar-refractivity contribution is -0.120. The maximum Gasteiger partial charge on any atom is 0.227 e. The molecule has 1 heterocycles. The molecule has 1 amide bonds. The molecular formula is C18H25NO. The summed E-state index contributed by atoms with van der Waals surface area (Å²) in [4.78, 5) is 12.2. The summed E-state index contributed by atoms with van der Waals surface area (Å²) >= 11 is 0. The van der Waals surface area contributed by atoms with Gasteiger partial charge in [0.05, 0.1) is 5.92 Å². The highest BCUT2D eigenvalue weighted by atomic mass is 16.2. The summed E-state index contributed by atoms with van der Waals surface area (Å²) in [5.41, 5.74) is 4.15. The molecular weight excluding hydrogens is 246 g/mol. The molecule has 0 spiro atoms. The van der Waals surface area contributed by atoms with Crippen LogP contribution in [-0.2, 0) is 4.79 Å². The zero-order valence-electron chi connectivity index (χ0n) is 12.8. The highest BCUT2D eigenvalue weighted by Gasteiger charge is 2.35. The van der Waals surface area contributed by atoms with Gasteiger partial charge >= 0.3 is 0 Å². The van der Waals surface area contributed by atoms with Crippen molar-refractivity contribution in [3.05, 3.63) is 34.9 Å². The topological polar surface area (TPSA) is 29.1 Å². The monoisotopic (exact) mass is 271 g/mol.